The van der Waals surface area contributed by atoms with Crippen LogP contribution in [0.15, 0.2) is 52.9 Å². The van der Waals surface area contributed by atoms with Crippen molar-refractivity contribution >= 4 is 17.3 Å². The molecule has 0 fully saturated rings. The van der Waals surface area contributed by atoms with E-state index in [1.54, 1.807) is 7.11 Å². The van der Waals surface area contributed by atoms with E-state index < -0.39 is 0 Å². The van der Waals surface area contributed by atoms with Gasteiger partial charge in [0.2, 0.25) is 17.7 Å². The molecule has 29 heavy (non-hydrogen) atoms. The number of ether oxygens (including phenoxy) is 1. The monoisotopic (exact) mass is 394 g/mol. The summed E-state index contributed by atoms with van der Waals surface area (Å²) >= 11 is 0. The summed E-state index contributed by atoms with van der Waals surface area (Å²) in [5.74, 6) is 1.46. The standard InChI is InChI=1S/C22H26N4O3/c1-4-26(5-2)18-11-9-17(10-12-18)23-20(27)13-14-21-24-25-22(29-21)16-7-6-8-19(15-16)28-3/h6-12,15H,4-5,13-14H2,1-3H3,(H,23,27). The maximum atomic E-state index is 12.2. The minimum absolute atomic E-state index is 0.0956. The van der Waals surface area contributed by atoms with Crippen molar-refractivity contribution in [2.45, 2.75) is 26.7 Å². The van der Waals surface area contributed by atoms with Gasteiger partial charge in [-0.1, -0.05) is 6.07 Å². The van der Waals surface area contributed by atoms with Crippen molar-refractivity contribution in [3.63, 3.8) is 0 Å². The third-order valence-electron chi connectivity index (χ3n) is 4.63. The SMILES string of the molecule is CCN(CC)c1ccc(NC(=O)CCc2nnc(-c3cccc(OC)c3)o2)cc1. The summed E-state index contributed by atoms with van der Waals surface area (Å²) < 4.78 is 10.9. The van der Waals surface area contributed by atoms with Crippen LogP contribution >= 0.6 is 0 Å². The van der Waals surface area contributed by atoms with Gasteiger partial charge in [-0.2, -0.15) is 0 Å². The van der Waals surface area contributed by atoms with Gasteiger partial charge < -0.3 is 19.4 Å². The van der Waals surface area contributed by atoms with Crippen molar-refractivity contribution in [2.75, 3.05) is 30.4 Å². The summed E-state index contributed by atoms with van der Waals surface area (Å²) in [7, 11) is 1.61. The van der Waals surface area contributed by atoms with Crippen molar-refractivity contribution in [3.8, 4) is 17.2 Å². The molecule has 0 saturated carbocycles. The van der Waals surface area contributed by atoms with Crippen LogP contribution in [0.4, 0.5) is 11.4 Å². The maximum Gasteiger partial charge on any atom is 0.247 e. The van der Waals surface area contributed by atoms with Crippen molar-refractivity contribution < 1.29 is 13.9 Å². The van der Waals surface area contributed by atoms with E-state index in [0.29, 0.717) is 24.0 Å². The molecule has 0 aliphatic carbocycles. The number of carbonyl (C=O) groups is 1. The fraction of sp³-hybridized carbons (Fsp3) is 0.318. The molecule has 0 aliphatic rings. The number of nitrogens with one attached hydrogen (secondary N) is 1. The Morgan fingerprint density at radius 3 is 2.55 bits per heavy atom. The van der Waals surface area contributed by atoms with Gasteiger partial charge in [0, 0.05) is 42.9 Å². The summed E-state index contributed by atoms with van der Waals surface area (Å²) in [6.45, 7) is 6.14. The Kier molecular flexibility index (Phi) is 6.84. The van der Waals surface area contributed by atoms with Gasteiger partial charge >= 0.3 is 0 Å². The van der Waals surface area contributed by atoms with Gasteiger partial charge in [-0.15, -0.1) is 10.2 Å². The summed E-state index contributed by atoms with van der Waals surface area (Å²) in [4.78, 5) is 14.5. The molecule has 1 amide bonds. The Hall–Kier alpha value is -3.35. The number of aromatic nitrogens is 2. The fourth-order valence-electron chi connectivity index (χ4n) is 3.02. The van der Waals surface area contributed by atoms with Crippen LogP contribution in [0.3, 0.4) is 0 Å². The normalized spacial score (nSPS) is 10.6. The lowest BCUT2D eigenvalue weighted by molar-refractivity contribution is -0.116. The van der Waals surface area contributed by atoms with Gasteiger partial charge in [-0.3, -0.25) is 4.79 Å². The molecule has 0 atom stereocenters. The molecule has 2 aromatic carbocycles. The van der Waals surface area contributed by atoms with E-state index in [-0.39, 0.29) is 12.3 Å². The lowest BCUT2D eigenvalue weighted by atomic mass is 10.2. The van der Waals surface area contributed by atoms with Crippen molar-refractivity contribution in [1.82, 2.24) is 10.2 Å². The number of methoxy groups -OCH3 is 1. The fourth-order valence-corrected chi connectivity index (χ4v) is 3.02. The van der Waals surface area contributed by atoms with Crippen LogP contribution < -0.4 is 15.0 Å². The zero-order valence-electron chi connectivity index (χ0n) is 17.0. The van der Waals surface area contributed by atoms with E-state index >= 15 is 0 Å². The third-order valence-corrected chi connectivity index (χ3v) is 4.63. The Morgan fingerprint density at radius 2 is 1.86 bits per heavy atom. The van der Waals surface area contributed by atoms with E-state index in [1.165, 1.54) is 0 Å². The van der Waals surface area contributed by atoms with Crippen molar-refractivity contribution in [1.29, 1.82) is 0 Å². The summed E-state index contributed by atoms with van der Waals surface area (Å²) in [6, 6.07) is 15.3. The number of aryl methyl sites for hydroxylation is 1. The molecule has 1 N–H and O–H groups in total. The molecule has 1 aromatic heterocycles. The van der Waals surface area contributed by atoms with Gasteiger partial charge in [0.1, 0.15) is 5.75 Å². The van der Waals surface area contributed by atoms with Crippen LogP contribution in [0, 0.1) is 0 Å². The van der Waals surface area contributed by atoms with Crippen LogP contribution in [0.2, 0.25) is 0 Å². The number of benzene rings is 2. The molecule has 0 unspecified atom stereocenters. The second-order valence-electron chi connectivity index (χ2n) is 6.50. The van der Waals surface area contributed by atoms with Crippen molar-refractivity contribution in [3.05, 3.63) is 54.4 Å². The number of nitrogens with zero attached hydrogens (tertiary/aromatic N) is 3. The highest BCUT2D eigenvalue weighted by molar-refractivity contribution is 5.90. The van der Waals surface area contributed by atoms with Crippen LogP contribution in [0.5, 0.6) is 5.75 Å². The molecule has 3 aromatic rings. The van der Waals surface area contributed by atoms with Crippen LogP contribution in [0.25, 0.3) is 11.5 Å². The average Bonchev–Trinajstić information content (AvgIpc) is 3.23. The van der Waals surface area contributed by atoms with E-state index in [1.807, 2.05) is 48.5 Å². The summed E-state index contributed by atoms with van der Waals surface area (Å²) in [5, 5.41) is 11.0. The predicted octanol–water partition coefficient (Wildman–Crippen LogP) is 4.16. The first kappa shape index (κ1) is 20.4. The Bertz CT molecular complexity index is 933. The third kappa shape index (κ3) is 5.34. The highest BCUT2D eigenvalue weighted by Gasteiger charge is 2.12. The van der Waals surface area contributed by atoms with Crippen LogP contribution in [-0.4, -0.2) is 36.3 Å². The Balaban J connectivity index is 1.54. The summed E-state index contributed by atoms with van der Waals surface area (Å²) in [6.07, 6.45) is 0.637. The molecule has 0 saturated heterocycles. The minimum atomic E-state index is -0.0956. The van der Waals surface area contributed by atoms with Crippen molar-refractivity contribution in [2.24, 2.45) is 0 Å². The maximum absolute atomic E-state index is 12.2. The molecule has 0 radical (unpaired) electrons. The number of anilines is 2. The molecular weight excluding hydrogens is 368 g/mol. The van der Waals surface area contributed by atoms with Gasteiger partial charge in [0.15, 0.2) is 0 Å². The molecule has 7 heteroatoms. The number of hydrogen-bond acceptors (Lipinski definition) is 6. The highest BCUT2D eigenvalue weighted by Crippen LogP contribution is 2.23. The van der Waals surface area contributed by atoms with E-state index in [0.717, 1.165) is 30.0 Å². The number of carbonyl (C=O) groups excluding carboxylic acids is 1. The van der Waals surface area contributed by atoms with Gasteiger partial charge in [-0.05, 0) is 56.3 Å². The summed E-state index contributed by atoms with van der Waals surface area (Å²) in [5.41, 5.74) is 2.69. The van der Waals surface area contributed by atoms with Gasteiger partial charge in [0.25, 0.3) is 0 Å². The first-order valence-electron chi connectivity index (χ1n) is 9.74. The lowest BCUT2D eigenvalue weighted by Gasteiger charge is -2.21. The number of hydrogen-bond donors (Lipinski definition) is 1. The smallest absolute Gasteiger partial charge is 0.247 e. The van der Waals surface area contributed by atoms with Crippen LogP contribution in [-0.2, 0) is 11.2 Å². The molecule has 0 spiro atoms. The zero-order valence-corrected chi connectivity index (χ0v) is 17.0. The topological polar surface area (TPSA) is 80.5 Å². The highest BCUT2D eigenvalue weighted by atomic mass is 16.5. The molecule has 1 heterocycles. The molecular formula is C22H26N4O3. The Morgan fingerprint density at radius 1 is 1.10 bits per heavy atom. The Labute approximate surface area is 170 Å². The van der Waals surface area contributed by atoms with E-state index in [2.05, 4.69) is 34.3 Å². The molecule has 152 valence electrons. The van der Waals surface area contributed by atoms with Gasteiger partial charge in [-0.25, -0.2) is 0 Å². The molecule has 0 aliphatic heterocycles. The lowest BCUT2D eigenvalue weighted by Crippen LogP contribution is -2.21. The second-order valence-corrected chi connectivity index (χ2v) is 6.50. The first-order valence-corrected chi connectivity index (χ1v) is 9.74. The molecule has 7 nitrogen and oxygen atoms in total. The number of amides is 1. The average molecular weight is 394 g/mol. The van der Waals surface area contributed by atoms with Crippen LogP contribution in [0.1, 0.15) is 26.2 Å². The quantitative estimate of drug-likeness (QED) is 0.587. The van der Waals surface area contributed by atoms with E-state index in [4.69, 9.17) is 9.15 Å². The minimum Gasteiger partial charge on any atom is -0.497 e. The van der Waals surface area contributed by atoms with E-state index in [9.17, 15) is 4.79 Å². The molecule has 0 bridgehead atoms. The van der Waals surface area contributed by atoms with Gasteiger partial charge in [0.05, 0.1) is 7.11 Å². The predicted molar refractivity (Wildman–Crippen MR) is 113 cm³/mol. The number of rotatable bonds is 9. The molecule has 3 rings (SSSR count). The first-order chi connectivity index (χ1) is 14.1. The zero-order chi connectivity index (χ0) is 20.6. The second kappa shape index (κ2) is 9.73. The largest absolute Gasteiger partial charge is 0.497 e.